The summed E-state index contributed by atoms with van der Waals surface area (Å²) in [6.07, 6.45) is 0.755. The molecule has 3 aromatic rings. The highest BCUT2D eigenvalue weighted by molar-refractivity contribution is 5.94. The van der Waals surface area contributed by atoms with E-state index in [2.05, 4.69) is 5.10 Å². The van der Waals surface area contributed by atoms with E-state index < -0.39 is 0 Å². The molecule has 2 aromatic carbocycles. The molecule has 1 amide bonds. The summed E-state index contributed by atoms with van der Waals surface area (Å²) >= 11 is 0. The van der Waals surface area contributed by atoms with Crippen LogP contribution in [0.3, 0.4) is 0 Å². The molecule has 7 heteroatoms. The highest BCUT2D eigenvalue weighted by Gasteiger charge is 2.22. The highest BCUT2D eigenvalue weighted by atomic mass is 19.1. The van der Waals surface area contributed by atoms with Crippen molar-refractivity contribution in [1.82, 2.24) is 14.7 Å². The average Bonchev–Trinajstić information content (AvgIpc) is 2.96. The number of aryl methyl sites for hydroxylation is 1. The van der Waals surface area contributed by atoms with Crippen LogP contribution in [0.15, 0.2) is 54.6 Å². The molecule has 4 rings (SSSR count). The zero-order chi connectivity index (χ0) is 19.5. The smallest absolute Gasteiger partial charge is 0.254 e. The van der Waals surface area contributed by atoms with Gasteiger partial charge >= 0.3 is 0 Å². The lowest BCUT2D eigenvalue weighted by Crippen LogP contribution is -2.30. The number of halogens is 2. The standard InChI is InChI=1S/C21H19F2N3O2/c22-17-7-5-16(6-8-17)21(27)25-9-2-10-26-19(13-25)12-20(24-26)28-14-15-3-1-4-18(23)11-15/h1,3-8,11-12H,2,9-10,13-14H2. The van der Waals surface area contributed by atoms with E-state index in [1.165, 1.54) is 36.4 Å². The van der Waals surface area contributed by atoms with Crippen molar-refractivity contribution in [3.05, 3.63) is 83.1 Å². The van der Waals surface area contributed by atoms with Gasteiger partial charge in [0.05, 0.1) is 12.2 Å². The first-order chi connectivity index (χ1) is 13.6. The molecule has 1 aromatic heterocycles. The van der Waals surface area contributed by atoms with Crippen molar-refractivity contribution in [2.75, 3.05) is 6.54 Å². The molecular formula is C21H19F2N3O2. The van der Waals surface area contributed by atoms with Crippen LogP contribution < -0.4 is 4.74 Å². The SMILES string of the molecule is O=C(c1ccc(F)cc1)N1CCCn2nc(OCc3cccc(F)c3)cc2C1. The molecule has 0 radical (unpaired) electrons. The Labute approximate surface area is 161 Å². The molecule has 0 bridgehead atoms. The third-order valence-corrected chi connectivity index (χ3v) is 4.65. The van der Waals surface area contributed by atoms with Gasteiger partial charge in [-0.25, -0.2) is 8.78 Å². The van der Waals surface area contributed by atoms with Gasteiger partial charge in [0.1, 0.15) is 18.2 Å². The number of hydrogen-bond donors (Lipinski definition) is 0. The number of nitrogens with zero attached hydrogens (tertiary/aromatic N) is 3. The highest BCUT2D eigenvalue weighted by Crippen LogP contribution is 2.20. The predicted molar refractivity (Wildman–Crippen MR) is 98.7 cm³/mol. The van der Waals surface area contributed by atoms with Crippen molar-refractivity contribution in [1.29, 1.82) is 0 Å². The first kappa shape index (κ1) is 18.2. The Bertz CT molecular complexity index is 986. The lowest BCUT2D eigenvalue weighted by atomic mass is 10.2. The lowest BCUT2D eigenvalue weighted by Gasteiger charge is -2.20. The van der Waals surface area contributed by atoms with Crippen LogP contribution in [0.2, 0.25) is 0 Å². The van der Waals surface area contributed by atoms with Gasteiger partial charge in [-0.05, 0) is 48.4 Å². The Balaban J connectivity index is 1.46. The maximum Gasteiger partial charge on any atom is 0.254 e. The van der Waals surface area contributed by atoms with Crippen LogP contribution in [0.4, 0.5) is 8.78 Å². The van der Waals surface area contributed by atoms with Gasteiger partial charge in [0.25, 0.3) is 5.91 Å². The molecule has 0 atom stereocenters. The van der Waals surface area contributed by atoms with E-state index >= 15 is 0 Å². The van der Waals surface area contributed by atoms with E-state index in [9.17, 15) is 13.6 Å². The summed E-state index contributed by atoms with van der Waals surface area (Å²) < 4.78 is 33.9. The molecule has 0 saturated carbocycles. The van der Waals surface area contributed by atoms with Crippen molar-refractivity contribution in [3.63, 3.8) is 0 Å². The summed E-state index contributed by atoms with van der Waals surface area (Å²) in [7, 11) is 0. The van der Waals surface area contributed by atoms with Gasteiger partial charge in [-0.15, -0.1) is 5.10 Å². The number of carbonyl (C=O) groups excluding carboxylic acids is 1. The Morgan fingerprint density at radius 2 is 1.86 bits per heavy atom. The fourth-order valence-corrected chi connectivity index (χ4v) is 3.24. The van der Waals surface area contributed by atoms with E-state index in [4.69, 9.17) is 4.74 Å². The van der Waals surface area contributed by atoms with E-state index in [0.29, 0.717) is 31.1 Å². The lowest BCUT2D eigenvalue weighted by molar-refractivity contribution is 0.0745. The maximum absolute atomic E-state index is 13.3. The quantitative estimate of drug-likeness (QED) is 0.689. The fourth-order valence-electron chi connectivity index (χ4n) is 3.24. The van der Waals surface area contributed by atoms with Gasteiger partial charge in [0.15, 0.2) is 0 Å². The fraction of sp³-hybridized carbons (Fsp3) is 0.238. The van der Waals surface area contributed by atoms with Gasteiger partial charge in [0, 0.05) is 24.7 Å². The van der Waals surface area contributed by atoms with Crippen LogP contribution in [0.25, 0.3) is 0 Å². The third kappa shape index (κ3) is 4.03. The molecule has 1 aliphatic heterocycles. The molecule has 0 saturated heterocycles. The number of aromatic nitrogens is 2. The molecule has 1 aliphatic rings. The number of benzene rings is 2. The van der Waals surface area contributed by atoms with E-state index in [-0.39, 0.29) is 24.1 Å². The number of hydrogen-bond acceptors (Lipinski definition) is 3. The zero-order valence-electron chi connectivity index (χ0n) is 15.1. The molecular weight excluding hydrogens is 364 g/mol. The summed E-state index contributed by atoms with van der Waals surface area (Å²) in [5.41, 5.74) is 2.04. The Hall–Kier alpha value is -3.22. The van der Waals surface area contributed by atoms with Crippen LogP contribution in [-0.4, -0.2) is 27.1 Å². The zero-order valence-corrected chi connectivity index (χ0v) is 15.1. The second-order valence-corrected chi connectivity index (χ2v) is 6.70. The van der Waals surface area contributed by atoms with Crippen molar-refractivity contribution in [2.24, 2.45) is 0 Å². The molecule has 0 fully saturated rings. The number of carbonyl (C=O) groups is 1. The minimum absolute atomic E-state index is 0.142. The number of ether oxygens (including phenoxy) is 1. The van der Waals surface area contributed by atoms with Crippen molar-refractivity contribution >= 4 is 5.91 Å². The van der Waals surface area contributed by atoms with Crippen molar-refractivity contribution in [2.45, 2.75) is 26.1 Å². The molecule has 0 spiro atoms. The summed E-state index contributed by atoms with van der Waals surface area (Å²) in [6.45, 7) is 1.88. The van der Waals surface area contributed by atoms with Gasteiger partial charge in [0.2, 0.25) is 5.88 Å². The normalized spacial score (nSPS) is 13.7. The summed E-state index contributed by atoms with van der Waals surface area (Å²) in [5, 5.41) is 4.44. The van der Waals surface area contributed by atoms with Crippen LogP contribution in [-0.2, 0) is 19.7 Å². The average molecular weight is 383 g/mol. The second kappa shape index (κ2) is 7.80. The monoisotopic (exact) mass is 383 g/mol. The van der Waals surface area contributed by atoms with Gasteiger partial charge in [-0.1, -0.05) is 12.1 Å². The summed E-state index contributed by atoms with van der Waals surface area (Å²) in [4.78, 5) is 14.5. The van der Waals surface area contributed by atoms with Gasteiger partial charge in [-0.2, -0.15) is 0 Å². The molecule has 28 heavy (non-hydrogen) atoms. The number of rotatable bonds is 4. The minimum atomic E-state index is -0.370. The molecule has 144 valence electrons. The van der Waals surface area contributed by atoms with E-state index in [0.717, 1.165) is 17.7 Å². The Morgan fingerprint density at radius 3 is 2.64 bits per heavy atom. The first-order valence-corrected chi connectivity index (χ1v) is 9.07. The second-order valence-electron chi connectivity index (χ2n) is 6.70. The number of amides is 1. The Kier molecular flexibility index (Phi) is 5.06. The predicted octanol–water partition coefficient (Wildman–Crippen LogP) is 3.79. The number of fused-ring (bicyclic) bond motifs is 1. The summed E-state index contributed by atoms with van der Waals surface area (Å²) in [6, 6.07) is 13.6. The topological polar surface area (TPSA) is 47.4 Å². The minimum Gasteiger partial charge on any atom is -0.472 e. The first-order valence-electron chi connectivity index (χ1n) is 9.07. The molecule has 2 heterocycles. The largest absolute Gasteiger partial charge is 0.472 e. The molecule has 0 N–H and O–H groups in total. The summed E-state index contributed by atoms with van der Waals surface area (Å²) in [5.74, 6) is -0.380. The van der Waals surface area contributed by atoms with Crippen LogP contribution in [0.1, 0.15) is 28.0 Å². The van der Waals surface area contributed by atoms with Crippen LogP contribution >= 0.6 is 0 Å². The van der Waals surface area contributed by atoms with Crippen molar-refractivity contribution in [3.8, 4) is 5.88 Å². The van der Waals surface area contributed by atoms with E-state index in [1.807, 2.05) is 4.68 Å². The molecule has 5 nitrogen and oxygen atoms in total. The Morgan fingerprint density at radius 1 is 1.04 bits per heavy atom. The van der Waals surface area contributed by atoms with Crippen LogP contribution in [0.5, 0.6) is 5.88 Å². The van der Waals surface area contributed by atoms with Crippen LogP contribution in [0, 0.1) is 11.6 Å². The third-order valence-electron chi connectivity index (χ3n) is 4.65. The van der Waals surface area contributed by atoms with E-state index in [1.54, 1.807) is 23.1 Å². The van der Waals surface area contributed by atoms with Gasteiger partial charge in [-0.3, -0.25) is 9.48 Å². The molecule has 0 unspecified atom stereocenters. The molecule has 0 aliphatic carbocycles. The maximum atomic E-state index is 13.3. The van der Waals surface area contributed by atoms with Crippen molar-refractivity contribution < 1.29 is 18.3 Å². The van der Waals surface area contributed by atoms with Gasteiger partial charge < -0.3 is 9.64 Å².